The first-order valence-corrected chi connectivity index (χ1v) is 8.73. The molecule has 27 heavy (non-hydrogen) atoms. The van der Waals surface area contributed by atoms with Gasteiger partial charge in [0.25, 0.3) is 11.5 Å². The van der Waals surface area contributed by atoms with E-state index < -0.39 is 5.56 Å². The molecule has 7 heteroatoms. The molecular formula is C20H21N5O2. The zero-order valence-electron chi connectivity index (χ0n) is 15.3. The SMILES string of the molecule is CC(C)CN(Cc1ccccn1)C(=O)c1cnc(-c2cccnc2)[nH]c1=O. The van der Waals surface area contributed by atoms with Crippen LogP contribution in [0.3, 0.4) is 0 Å². The fourth-order valence-corrected chi connectivity index (χ4v) is 2.71. The average Bonchev–Trinajstić information content (AvgIpc) is 2.68. The summed E-state index contributed by atoms with van der Waals surface area (Å²) in [5.41, 5.74) is 0.992. The number of nitrogens with zero attached hydrogens (tertiary/aromatic N) is 4. The summed E-state index contributed by atoms with van der Waals surface area (Å²) in [4.78, 5) is 42.3. The molecule has 0 aliphatic heterocycles. The maximum Gasteiger partial charge on any atom is 0.264 e. The number of amides is 1. The van der Waals surface area contributed by atoms with Gasteiger partial charge in [-0.3, -0.25) is 19.6 Å². The molecular weight excluding hydrogens is 342 g/mol. The lowest BCUT2D eigenvalue weighted by atomic mass is 10.1. The fraction of sp³-hybridized carbons (Fsp3) is 0.250. The highest BCUT2D eigenvalue weighted by atomic mass is 16.2. The van der Waals surface area contributed by atoms with Crippen molar-refractivity contribution in [3.8, 4) is 11.4 Å². The summed E-state index contributed by atoms with van der Waals surface area (Å²) in [5.74, 6) is 0.269. The number of carbonyl (C=O) groups excluding carboxylic acids is 1. The Morgan fingerprint density at radius 2 is 1.96 bits per heavy atom. The third-order valence-corrected chi connectivity index (χ3v) is 3.92. The molecule has 0 radical (unpaired) electrons. The van der Waals surface area contributed by atoms with Crippen LogP contribution in [-0.4, -0.2) is 37.3 Å². The molecule has 1 N–H and O–H groups in total. The normalized spacial score (nSPS) is 10.8. The number of hydrogen-bond acceptors (Lipinski definition) is 5. The predicted molar refractivity (Wildman–Crippen MR) is 102 cm³/mol. The third-order valence-electron chi connectivity index (χ3n) is 3.92. The Bertz CT molecular complexity index is 955. The van der Waals surface area contributed by atoms with E-state index in [1.165, 1.54) is 6.20 Å². The van der Waals surface area contributed by atoms with Gasteiger partial charge in [-0.15, -0.1) is 0 Å². The molecule has 0 aromatic carbocycles. The van der Waals surface area contributed by atoms with Crippen molar-refractivity contribution in [3.05, 3.63) is 76.7 Å². The number of H-pyrrole nitrogens is 1. The third kappa shape index (κ3) is 4.63. The first-order valence-electron chi connectivity index (χ1n) is 8.73. The molecule has 0 aliphatic carbocycles. The van der Waals surface area contributed by atoms with Crippen molar-refractivity contribution in [1.82, 2.24) is 24.8 Å². The Kier molecular flexibility index (Phi) is 5.71. The lowest BCUT2D eigenvalue weighted by molar-refractivity contribution is 0.0718. The highest BCUT2D eigenvalue weighted by Crippen LogP contribution is 2.12. The van der Waals surface area contributed by atoms with E-state index in [-0.39, 0.29) is 17.4 Å². The molecule has 0 unspecified atom stereocenters. The summed E-state index contributed by atoms with van der Waals surface area (Å²) in [6.07, 6.45) is 6.26. The Labute approximate surface area is 157 Å². The molecule has 0 spiro atoms. The summed E-state index contributed by atoms with van der Waals surface area (Å²) in [5, 5.41) is 0. The van der Waals surface area contributed by atoms with Gasteiger partial charge >= 0.3 is 0 Å². The van der Waals surface area contributed by atoms with Crippen molar-refractivity contribution < 1.29 is 4.79 Å². The largest absolute Gasteiger partial charge is 0.332 e. The van der Waals surface area contributed by atoms with E-state index in [0.29, 0.717) is 24.5 Å². The van der Waals surface area contributed by atoms with Gasteiger partial charge in [-0.2, -0.15) is 0 Å². The van der Waals surface area contributed by atoms with Crippen LogP contribution in [0.2, 0.25) is 0 Å². The smallest absolute Gasteiger partial charge is 0.264 e. The van der Waals surface area contributed by atoms with Crippen molar-refractivity contribution in [2.45, 2.75) is 20.4 Å². The van der Waals surface area contributed by atoms with Gasteiger partial charge in [0.2, 0.25) is 0 Å². The standard InChI is InChI=1S/C20H21N5O2/c1-14(2)12-25(13-16-7-3-4-9-22-16)20(27)17-11-23-18(24-19(17)26)15-6-5-8-21-10-15/h3-11,14H,12-13H2,1-2H3,(H,23,24,26). The molecule has 3 rings (SSSR count). The summed E-state index contributed by atoms with van der Waals surface area (Å²) >= 11 is 0. The highest BCUT2D eigenvalue weighted by molar-refractivity contribution is 5.93. The molecule has 3 aromatic rings. The van der Waals surface area contributed by atoms with Crippen molar-refractivity contribution >= 4 is 5.91 Å². The maximum atomic E-state index is 13.0. The van der Waals surface area contributed by atoms with Gasteiger partial charge in [-0.25, -0.2) is 4.98 Å². The molecule has 0 bridgehead atoms. The van der Waals surface area contributed by atoms with Crippen LogP contribution >= 0.6 is 0 Å². The molecule has 138 valence electrons. The highest BCUT2D eigenvalue weighted by Gasteiger charge is 2.21. The topological polar surface area (TPSA) is 91.8 Å². The van der Waals surface area contributed by atoms with Crippen LogP contribution in [0.25, 0.3) is 11.4 Å². The van der Waals surface area contributed by atoms with Gasteiger partial charge in [0.15, 0.2) is 0 Å². The number of pyridine rings is 2. The molecule has 7 nitrogen and oxygen atoms in total. The van der Waals surface area contributed by atoms with Gasteiger partial charge in [0, 0.05) is 36.9 Å². The Morgan fingerprint density at radius 1 is 1.11 bits per heavy atom. The lowest BCUT2D eigenvalue weighted by Crippen LogP contribution is -2.37. The van der Waals surface area contributed by atoms with Gasteiger partial charge in [-0.05, 0) is 30.2 Å². The van der Waals surface area contributed by atoms with Crippen LogP contribution in [-0.2, 0) is 6.54 Å². The minimum Gasteiger partial charge on any atom is -0.332 e. The molecule has 0 saturated carbocycles. The quantitative estimate of drug-likeness (QED) is 0.726. The summed E-state index contributed by atoms with van der Waals surface area (Å²) in [6.45, 7) is 4.89. The Morgan fingerprint density at radius 3 is 2.59 bits per heavy atom. The molecule has 3 aromatic heterocycles. The van der Waals surface area contributed by atoms with E-state index in [4.69, 9.17) is 0 Å². The molecule has 0 atom stereocenters. The predicted octanol–water partition coefficient (Wildman–Crippen LogP) is 2.53. The number of carbonyl (C=O) groups is 1. The minimum absolute atomic E-state index is 0.0132. The van der Waals surface area contributed by atoms with E-state index in [9.17, 15) is 9.59 Å². The van der Waals surface area contributed by atoms with Crippen molar-refractivity contribution in [1.29, 1.82) is 0 Å². The molecule has 1 amide bonds. The molecule has 0 aliphatic rings. The van der Waals surface area contributed by atoms with Crippen LogP contribution in [0, 0.1) is 5.92 Å². The van der Waals surface area contributed by atoms with Crippen LogP contribution in [0.4, 0.5) is 0 Å². The van der Waals surface area contributed by atoms with E-state index in [1.807, 2.05) is 32.0 Å². The van der Waals surface area contributed by atoms with Crippen molar-refractivity contribution in [2.24, 2.45) is 5.92 Å². The summed E-state index contributed by atoms with van der Waals surface area (Å²) in [6, 6.07) is 9.10. The summed E-state index contributed by atoms with van der Waals surface area (Å²) in [7, 11) is 0. The maximum absolute atomic E-state index is 13.0. The monoisotopic (exact) mass is 363 g/mol. The first-order chi connectivity index (χ1) is 13.0. The molecule has 0 saturated heterocycles. The number of aromatic nitrogens is 4. The van der Waals surface area contributed by atoms with Gasteiger partial charge in [0.05, 0.1) is 12.2 Å². The number of rotatable bonds is 6. The Hall–Kier alpha value is -3.35. The van der Waals surface area contributed by atoms with E-state index >= 15 is 0 Å². The summed E-state index contributed by atoms with van der Waals surface area (Å²) < 4.78 is 0. The number of aromatic amines is 1. The van der Waals surface area contributed by atoms with Crippen LogP contribution in [0.1, 0.15) is 29.9 Å². The zero-order chi connectivity index (χ0) is 19.2. The van der Waals surface area contributed by atoms with Crippen molar-refractivity contribution in [2.75, 3.05) is 6.54 Å². The van der Waals surface area contributed by atoms with Crippen LogP contribution < -0.4 is 5.56 Å². The fourth-order valence-electron chi connectivity index (χ4n) is 2.71. The van der Waals surface area contributed by atoms with Gasteiger partial charge in [-0.1, -0.05) is 19.9 Å². The lowest BCUT2D eigenvalue weighted by Gasteiger charge is -2.24. The van der Waals surface area contributed by atoms with E-state index in [0.717, 1.165) is 5.69 Å². The zero-order valence-corrected chi connectivity index (χ0v) is 15.3. The first kappa shape index (κ1) is 18.4. The van der Waals surface area contributed by atoms with E-state index in [1.54, 1.807) is 35.6 Å². The molecule has 0 fully saturated rings. The van der Waals surface area contributed by atoms with Gasteiger partial charge in [0.1, 0.15) is 11.4 Å². The van der Waals surface area contributed by atoms with E-state index in [2.05, 4.69) is 19.9 Å². The van der Waals surface area contributed by atoms with Crippen LogP contribution in [0.5, 0.6) is 0 Å². The van der Waals surface area contributed by atoms with Gasteiger partial charge < -0.3 is 9.88 Å². The van der Waals surface area contributed by atoms with Crippen molar-refractivity contribution in [3.63, 3.8) is 0 Å². The second kappa shape index (κ2) is 8.35. The second-order valence-corrected chi connectivity index (χ2v) is 6.62. The van der Waals surface area contributed by atoms with Crippen LogP contribution in [0.15, 0.2) is 59.9 Å². The Balaban J connectivity index is 1.88. The number of nitrogens with one attached hydrogen (secondary N) is 1. The average molecular weight is 363 g/mol. The minimum atomic E-state index is -0.469. The number of hydrogen-bond donors (Lipinski definition) is 1. The second-order valence-electron chi connectivity index (χ2n) is 6.62. The molecule has 3 heterocycles.